The van der Waals surface area contributed by atoms with Crippen molar-refractivity contribution in [1.82, 2.24) is 14.9 Å². The van der Waals surface area contributed by atoms with Gasteiger partial charge in [0.1, 0.15) is 0 Å². The van der Waals surface area contributed by atoms with Crippen molar-refractivity contribution in [2.24, 2.45) is 0 Å². The number of aromatic nitrogens is 2. The normalized spacial score (nSPS) is 12.0. The summed E-state index contributed by atoms with van der Waals surface area (Å²) in [6.07, 6.45) is 2.61. The zero-order chi connectivity index (χ0) is 18.4. The van der Waals surface area contributed by atoms with Gasteiger partial charge in [-0.1, -0.05) is 60.3 Å². The Kier molecular flexibility index (Phi) is 6.12. The summed E-state index contributed by atoms with van der Waals surface area (Å²) in [5.41, 5.74) is 3.35. The molecule has 3 rings (SSSR count). The van der Waals surface area contributed by atoms with Crippen LogP contribution in [0.5, 0.6) is 0 Å². The lowest BCUT2D eigenvalue weighted by Gasteiger charge is -2.13. The molecular formula is C21H23N3OS. The molecule has 0 aliphatic carbocycles. The highest BCUT2D eigenvalue weighted by atomic mass is 32.2. The van der Waals surface area contributed by atoms with E-state index in [4.69, 9.17) is 4.98 Å². The van der Waals surface area contributed by atoms with Crippen LogP contribution in [0.15, 0.2) is 72.4 Å². The number of fused-ring (bicyclic) bond motifs is 1. The number of aryl methyl sites for hydroxylation is 2. The molecule has 0 saturated carbocycles. The molecular weight excluding hydrogens is 342 g/mol. The first-order valence-electron chi connectivity index (χ1n) is 8.73. The monoisotopic (exact) mass is 365 g/mol. The Morgan fingerprint density at radius 2 is 1.96 bits per heavy atom. The van der Waals surface area contributed by atoms with Gasteiger partial charge in [0.25, 0.3) is 0 Å². The summed E-state index contributed by atoms with van der Waals surface area (Å²) in [4.78, 5) is 16.9. The lowest BCUT2D eigenvalue weighted by Crippen LogP contribution is -2.31. The van der Waals surface area contributed by atoms with E-state index in [1.807, 2.05) is 31.2 Å². The fourth-order valence-corrected chi connectivity index (χ4v) is 3.75. The van der Waals surface area contributed by atoms with Crippen LogP contribution in [0.3, 0.4) is 0 Å². The molecule has 0 bridgehead atoms. The van der Waals surface area contributed by atoms with Crippen molar-refractivity contribution in [1.29, 1.82) is 0 Å². The van der Waals surface area contributed by atoms with Crippen molar-refractivity contribution in [2.45, 2.75) is 30.3 Å². The third-order valence-corrected chi connectivity index (χ3v) is 5.25. The second-order valence-corrected chi connectivity index (χ2v) is 7.37. The fourth-order valence-electron chi connectivity index (χ4n) is 2.77. The van der Waals surface area contributed by atoms with Gasteiger partial charge in [-0.05, 0) is 31.0 Å². The predicted octanol–water partition coefficient (Wildman–Crippen LogP) is 4.06. The molecule has 2 aromatic carbocycles. The van der Waals surface area contributed by atoms with Gasteiger partial charge in [-0.2, -0.15) is 0 Å². The van der Waals surface area contributed by atoms with E-state index >= 15 is 0 Å². The van der Waals surface area contributed by atoms with E-state index in [1.165, 1.54) is 17.3 Å². The van der Waals surface area contributed by atoms with Gasteiger partial charge in [0, 0.05) is 13.1 Å². The van der Waals surface area contributed by atoms with Gasteiger partial charge >= 0.3 is 0 Å². The fraction of sp³-hybridized carbons (Fsp3) is 0.238. The maximum Gasteiger partial charge on any atom is 0.233 e. The summed E-state index contributed by atoms with van der Waals surface area (Å²) in [7, 11) is 0. The van der Waals surface area contributed by atoms with Crippen LogP contribution in [-0.4, -0.2) is 27.3 Å². The zero-order valence-electron chi connectivity index (χ0n) is 14.9. The molecule has 1 N–H and O–H groups in total. The highest BCUT2D eigenvalue weighted by Gasteiger charge is 2.19. The number of nitrogens with one attached hydrogen (secondary N) is 1. The summed E-state index contributed by atoms with van der Waals surface area (Å²) in [5, 5.41) is 3.51. The van der Waals surface area contributed by atoms with E-state index in [9.17, 15) is 4.79 Å². The molecule has 1 heterocycles. The molecule has 0 saturated heterocycles. The topological polar surface area (TPSA) is 46.9 Å². The first-order valence-corrected chi connectivity index (χ1v) is 9.61. The molecule has 5 heteroatoms. The standard InChI is InChI=1S/C21H23N3OS/c1-3-14-22-20(25)16(2)26-21-23-18-11-7-8-12-19(18)24(21)15-13-17-9-5-4-6-10-17/h3-12,16H,1,13-15H2,2H3,(H,22,25). The van der Waals surface area contributed by atoms with Crippen LogP contribution in [0.25, 0.3) is 11.0 Å². The molecule has 1 unspecified atom stereocenters. The van der Waals surface area contributed by atoms with Gasteiger partial charge < -0.3 is 9.88 Å². The second kappa shape index (κ2) is 8.72. The molecule has 26 heavy (non-hydrogen) atoms. The van der Waals surface area contributed by atoms with Gasteiger partial charge in [0.2, 0.25) is 5.91 Å². The number of nitrogens with zero attached hydrogens (tertiary/aromatic N) is 2. The van der Waals surface area contributed by atoms with E-state index in [0.29, 0.717) is 6.54 Å². The summed E-state index contributed by atoms with van der Waals surface area (Å²) < 4.78 is 2.21. The number of rotatable bonds is 8. The maximum atomic E-state index is 12.2. The van der Waals surface area contributed by atoms with Crippen LogP contribution in [0, 0.1) is 0 Å². The molecule has 0 aliphatic rings. The van der Waals surface area contributed by atoms with Gasteiger partial charge in [0.15, 0.2) is 5.16 Å². The van der Waals surface area contributed by atoms with Crippen molar-refractivity contribution < 1.29 is 4.79 Å². The van der Waals surface area contributed by atoms with E-state index in [-0.39, 0.29) is 11.2 Å². The number of thioether (sulfide) groups is 1. The molecule has 1 amide bonds. The Bertz CT molecular complexity index is 889. The minimum absolute atomic E-state index is 0.00318. The third-order valence-electron chi connectivity index (χ3n) is 4.16. The number of amides is 1. The average molecular weight is 366 g/mol. The number of imidazole rings is 1. The lowest BCUT2D eigenvalue weighted by atomic mass is 10.1. The van der Waals surface area contributed by atoms with E-state index in [0.717, 1.165) is 29.2 Å². The maximum absolute atomic E-state index is 12.2. The number of carbonyl (C=O) groups excluding carboxylic acids is 1. The second-order valence-electron chi connectivity index (χ2n) is 6.06. The van der Waals surface area contributed by atoms with E-state index in [1.54, 1.807) is 6.08 Å². The Labute approximate surface area is 158 Å². The number of para-hydroxylation sites is 2. The SMILES string of the molecule is C=CCNC(=O)C(C)Sc1nc2ccccc2n1CCc1ccccc1. The van der Waals surface area contributed by atoms with Crippen molar-refractivity contribution in [3.63, 3.8) is 0 Å². The lowest BCUT2D eigenvalue weighted by molar-refractivity contribution is -0.120. The minimum Gasteiger partial charge on any atom is -0.352 e. The summed E-state index contributed by atoms with van der Waals surface area (Å²) in [5.74, 6) is -0.00318. The highest BCUT2D eigenvalue weighted by Crippen LogP contribution is 2.27. The van der Waals surface area contributed by atoms with Crippen LogP contribution in [0.1, 0.15) is 12.5 Å². The molecule has 1 aromatic heterocycles. The first kappa shape index (κ1) is 18.3. The minimum atomic E-state index is -0.220. The van der Waals surface area contributed by atoms with Crippen molar-refractivity contribution >= 4 is 28.7 Å². The largest absolute Gasteiger partial charge is 0.352 e. The van der Waals surface area contributed by atoms with Crippen molar-refractivity contribution in [3.8, 4) is 0 Å². The van der Waals surface area contributed by atoms with Gasteiger partial charge in [-0.3, -0.25) is 4.79 Å². The first-order chi connectivity index (χ1) is 12.7. The van der Waals surface area contributed by atoms with E-state index in [2.05, 4.69) is 46.8 Å². The Balaban J connectivity index is 1.82. The molecule has 134 valence electrons. The smallest absolute Gasteiger partial charge is 0.233 e. The molecule has 3 aromatic rings. The number of benzene rings is 2. The van der Waals surface area contributed by atoms with Crippen LogP contribution in [0.2, 0.25) is 0 Å². The molecule has 1 atom stereocenters. The van der Waals surface area contributed by atoms with Crippen LogP contribution in [-0.2, 0) is 17.8 Å². The third kappa shape index (κ3) is 4.35. The average Bonchev–Trinajstić information content (AvgIpc) is 3.02. The van der Waals surface area contributed by atoms with Gasteiger partial charge in [-0.15, -0.1) is 6.58 Å². The number of hydrogen-bond acceptors (Lipinski definition) is 3. The van der Waals surface area contributed by atoms with Gasteiger partial charge in [0.05, 0.1) is 16.3 Å². The molecule has 0 spiro atoms. The van der Waals surface area contributed by atoms with Crippen molar-refractivity contribution in [3.05, 3.63) is 72.8 Å². The molecule has 4 nitrogen and oxygen atoms in total. The van der Waals surface area contributed by atoms with E-state index < -0.39 is 0 Å². The summed E-state index contributed by atoms with van der Waals surface area (Å²) in [6, 6.07) is 18.5. The predicted molar refractivity (Wildman–Crippen MR) is 108 cm³/mol. The molecule has 0 fully saturated rings. The highest BCUT2D eigenvalue weighted by molar-refractivity contribution is 8.00. The number of carbonyl (C=O) groups is 1. The quantitative estimate of drug-likeness (QED) is 0.484. The zero-order valence-corrected chi connectivity index (χ0v) is 15.7. The Morgan fingerprint density at radius 3 is 2.73 bits per heavy atom. The van der Waals surface area contributed by atoms with Crippen LogP contribution < -0.4 is 5.32 Å². The Morgan fingerprint density at radius 1 is 1.23 bits per heavy atom. The molecule has 0 radical (unpaired) electrons. The van der Waals surface area contributed by atoms with Crippen LogP contribution >= 0.6 is 11.8 Å². The van der Waals surface area contributed by atoms with Gasteiger partial charge in [-0.25, -0.2) is 4.98 Å². The summed E-state index contributed by atoms with van der Waals surface area (Å²) >= 11 is 1.50. The van der Waals surface area contributed by atoms with Crippen molar-refractivity contribution in [2.75, 3.05) is 6.54 Å². The Hall–Kier alpha value is -2.53. The van der Waals surface area contributed by atoms with Crippen LogP contribution in [0.4, 0.5) is 0 Å². The number of hydrogen-bond donors (Lipinski definition) is 1. The molecule has 0 aliphatic heterocycles. The summed E-state index contributed by atoms with van der Waals surface area (Å²) in [6.45, 7) is 6.85.